The van der Waals surface area contributed by atoms with Gasteiger partial charge in [-0.25, -0.2) is 9.59 Å². The number of carboxylic acids is 1. The maximum absolute atomic E-state index is 12.2. The molecule has 21 heavy (non-hydrogen) atoms. The molecule has 2 rings (SSSR count). The summed E-state index contributed by atoms with van der Waals surface area (Å²) in [6, 6.07) is 13.4. The van der Waals surface area contributed by atoms with Gasteiger partial charge in [0.15, 0.2) is 0 Å². The molecule has 2 aromatic rings. The number of aromatic carboxylic acids is 1. The molecule has 0 atom stereocenters. The fourth-order valence-corrected chi connectivity index (χ4v) is 2.25. The van der Waals surface area contributed by atoms with Gasteiger partial charge in [-0.15, -0.1) is 0 Å². The van der Waals surface area contributed by atoms with Gasteiger partial charge < -0.3 is 10.4 Å². The van der Waals surface area contributed by atoms with Crippen LogP contribution in [0.25, 0.3) is 0 Å². The predicted octanol–water partition coefficient (Wildman–Crippen LogP) is 3.82. The number of anilines is 2. The van der Waals surface area contributed by atoms with Gasteiger partial charge in [0.2, 0.25) is 0 Å². The van der Waals surface area contributed by atoms with Crippen LogP contribution in [0.2, 0.25) is 0 Å². The van der Waals surface area contributed by atoms with E-state index >= 15 is 0 Å². The quantitative estimate of drug-likeness (QED) is 0.885. The number of hydrogen-bond donors (Lipinski definition) is 2. The second-order valence-electron chi connectivity index (χ2n) is 4.29. The summed E-state index contributed by atoms with van der Waals surface area (Å²) < 4.78 is 0.511. The molecule has 2 amide bonds. The highest BCUT2D eigenvalue weighted by atomic mass is 79.9. The molecular weight excluding hydrogens is 336 g/mol. The first-order valence-corrected chi connectivity index (χ1v) is 6.91. The van der Waals surface area contributed by atoms with Crippen molar-refractivity contribution in [1.29, 1.82) is 0 Å². The SMILES string of the molecule is CN(C(=O)Nc1c(Br)cccc1C(=O)O)c1ccccc1. The largest absolute Gasteiger partial charge is 0.478 e. The third kappa shape index (κ3) is 3.41. The molecule has 0 spiro atoms. The number of rotatable bonds is 3. The standard InChI is InChI=1S/C15H13BrN2O3/c1-18(10-6-3-2-4-7-10)15(21)17-13-11(14(19)20)8-5-9-12(13)16/h2-9H,1H3,(H,17,21)(H,19,20). The Bertz CT molecular complexity index is 674. The predicted molar refractivity (Wildman–Crippen MR) is 85.0 cm³/mol. The van der Waals surface area contributed by atoms with Crippen LogP contribution in [0.5, 0.6) is 0 Å². The molecule has 2 aromatic carbocycles. The zero-order chi connectivity index (χ0) is 15.4. The fourth-order valence-electron chi connectivity index (χ4n) is 1.79. The van der Waals surface area contributed by atoms with Gasteiger partial charge >= 0.3 is 12.0 Å². The van der Waals surface area contributed by atoms with Crippen molar-refractivity contribution >= 4 is 39.3 Å². The van der Waals surface area contributed by atoms with Gasteiger partial charge in [0.1, 0.15) is 0 Å². The molecule has 2 N–H and O–H groups in total. The van der Waals surface area contributed by atoms with E-state index in [1.54, 1.807) is 31.3 Å². The smallest absolute Gasteiger partial charge is 0.337 e. The summed E-state index contributed by atoms with van der Waals surface area (Å²) in [5.41, 5.74) is 0.968. The maximum atomic E-state index is 12.2. The van der Waals surface area contributed by atoms with Crippen molar-refractivity contribution < 1.29 is 14.7 Å². The van der Waals surface area contributed by atoms with Crippen molar-refractivity contribution in [3.63, 3.8) is 0 Å². The Morgan fingerprint density at radius 3 is 2.38 bits per heavy atom. The minimum absolute atomic E-state index is 0.0270. The van der Waals surface area contributed by atoms with Crippen LogP contribution in [-0.2, 0) is 0 Å². The molecule has 0 aliphatic heterocycles. The highest BCUT2D eigenvalue weighted by Crippen LogP contribution is 2.27. The van der Waals surface area contributed by atoms with Gasteiger partial charge in [0.05, 0.1) is 11.3 Å². The van der Waals surface area contributed by atoms with E-state index in [4.69, 9.17) is 0 Å². The minimum Gasteiger partial charge on any atom is -0.478 e. The summed E-state index contributed by atoms with van der Waals surface area (Å²) in [5.74, 6) is -1.10. The molecule has 0 aliphatic carbocycles. The molecule has 0 aromatic heterocycles. The van der Waals surface area contributed by atoms with E-state index in [9.17, 15) is 14.7 Å². The zero-order valence-electron chi connectivity index (χ0n) is 11.2. The van der Waals surface area contributed by atoms with Crippen molar-refractivity contribution in [2.24, 2.45) is 0 Å². The molecular formula is C15H13BrN2O3. The van der Waals surface area contributed by atoms with Gasteiger partial charge in [-0.1, -0.05) is 24.3 Å². The van der Waals surface area contributed by atoms with Crippen LogP contribution in [-0.4, -0.2) is 24.2 Å². The molecule has 108 valence electrons. The van der Waals surface area contributed by atoms with Crippen molar-refractivity contribution in [2.75, 3.05) is 17.3 Å². The monoisotopic (exact) mass is 348 g/mol. The number of carbonyl (C=O) groups is 2. The molecule has 5 nitrogen and oxygen atoms in total. The normalized spacial score (nSPS) is 10.0. The Morgan fingerprint density at radius 2 is 1.76 bits per heavy atom. The van der Waals surface area contributed by atoms with Crippen molar-refractivity contribution in [3.05, 3.63) is 58.6 Å². The third-order valence-corrected chi connectivity index (χ3v) is 3.58. The maximum Gasteiger partial charge on any atom is 0.337 e. The zero-order valence-corrected chi connectivity index (χ0v) is 12.8. The van der Waals surface area contributed by atoms with E-state index in [2.05, 4.69) is 21.2 Å². The Labute approximate surface area is 130 Å². The number of nitrogens with one attached hydrogen (secondary N) is 1. The number of urea groups is 1. The topological polar surface area (TPSA) is 69.6 Å². The van der Waals surface area contributed by atoms with E-state index in [0.717, 1.165) is 0 Å². The molecule has 0 saturated carbocycles. The summed E-state index contributed by atoms with van der Waals surface area (Å²) in [6.45, 7) is 0. The molecule has 0 radical (unpaired) electrons. The van der Waals surface area contributed by atoms with Crippen LogP contribution in [0.3, 0.4) is 0 Å². The highest BCUT2D eigenvalue weighted by molar-refractivity contribution is 9.10. The summed E-state index contributed by atoms with van der Waals surface area (Å²) in [5, 5.41) is 11.8. The number of halogens is 1. The summed E-state index contributed by atoms with van der Waals surface area (Å²) >= 11 is 3.25. The number of carbonyl (C=O) groups excluding carboxylic acids is 1. The molecule has 0 aliphatic rings. The van der Waals surface area contributed by atoms with Crippen LogP contribution < -0.4 is 10.2 Å². The molecule has 0 saturated heterocycles. The van der Waals surface area contributed by atoms with Gasteiger partial charge in [-0.3, -0.25) is 4.90 Å². The third-order valence-electron chi connectivity index (χ3n) is 2.92. The molecule has 0 unspecified atom stereocenters. The lowest BCUT2D eigenvalue weighted by atomic mass is 10.2. The lowest BCUT2D eigenvalue weighted by Crippen LogP contribution is -2.31. The van der Waals surface area contributed by atoms with Gasteiger partial charge in [-0.2, -0.15) is 0 Å². The first-order valence-electron chi connectivity index (χ1n) is 6.12. The lowest BCUT2D eigenvalue weighted by molar-refractivity contribution is 0.0698. The first-order chi connectivity index (χ1) is 10.0. The number of nitrogens with zero attached hydrogens (tertiary/aromatic N) is 1. The van der Waals surface area contributed by atoms with E-state index in [0.29, 0.717) is 10.2 Å². The van der Waals surface area contributed by atoms with Crippen molar-refractivity contribution in [2.45, 2.75) is 0 Å². The average Bonchev–Trinajstić information content (AvgIpc) is 2.49. The molecule has 6 heteroatoms. The fraction of sp³-hybridized carbons (Fsp3) is 0.0667. The van der Waals surface area contributed by atoms with Gasteiger partial charge in [0, 0.05) is 17.2 Å². The second kappa shape index (κ2) is 6.41. The Kier molecular flexibility index (Phi) is 4.59. The Morgan fingerprint density at radius 1 is 1.10 bits per heavy atom. The summed E-state index contributed by atoms with van der Waals surface area (Å²) in [7, 11) is 1.61. The summed E-state index contributed by atoms with van der Waals surface area (Å²) in [6.07, 6.45) is 0. The molecule has 0 bridgehead atoms. The molecule has 0 heterocycles. The molecule has 0 fully saturated rings. The van der Waals surface area contributed by atoms with Crippen LogP contribution in [0.4, 0.5) is 16.2 Å². The van der Waals surface area contributed by atoms with Gasteiger partial charge in [-0.05, 0) is 40.2 Å². The highest BCUT2D eigenvalue weighted by Gasteiger charge is 2.17. The van der Waals surface area contributed by atoms with E-state index in [1.807, 2.05) is 18.2 Å². The number of benzene rings is 2. The van der Waals surface area contributed by atoms with Crippen LogP contribution in [0.1, 0.15) is 10.4 Å². The lowest BCUT2D eigenvalue weighted by Gasteiger charge is -2.19. The van der Waals surface area contributed by atoms with Crippen LogP contribution in [0.15, 0.2) is 53.0 Å². The van der Waals surface area contributed by atoms with E-state index in [1.165, 1.54) is 11.0 Å². The minimum atomic E-state index is -1.10. The van der Waals surface area contributed by atoms with Gasteiger partial charge in [0.25, 0.3) is 0 Å². The Hall–Kier alpha value is -2.34. The average molecular weight is 349 g/mol. The number of carboxylic acid groups (broad SMARTS) is 1. The van der Waals surface area contributed by atoms with Crippen molar-refractivity contribution in [1.82, 2.24) is 0 Å². The Balaban J connectivity index is 2.26. The number of hydrogen-bond acceptors (Lipinski definition) is 2. The number of para-hydroxylation sites is 2. The number of amides is 2. The van der Waals surface area contributed by atoms with E-state index in [-0.39, 0.29) is 11.3 Å². The second-order valence-corrected chi connectivity index (χ2v) is 5.15. The first kappa shape index (κ1) is 15.1. The van der Waals surface area contributed by atoms with Crippen molar-refractivity contribution in [3.8, 4) is 0 Å². The van der Waals surface area contributed by atoms with Crippen LogP contribution in [0, 0.1) is 0 Å². The van der Waals surface area contributed by atoms with Crippen LogP contribution >= 0.6 is 15.9 Å². The van der Waals surface area contributed by atoms with E-state index < -0.39 is 12.0 Å². The summed E-state index contributed by atoms with van der Waals surface area (Å²) in [4.78, 5) is 24.9.